The van der Waals surface area contributed by atoms with Crippen LogP contribution in [-0.4, -0.2) is 13.0 Å². The lowest BCUT2D eigenvalue weighted by atomic mass is 9.99. The van der Waals surface area contributed by atoms with E-state index in [1.807, 2.05) is 31.2 Å². The van der Waals surface area contributed by atoms with Gasteiger partial charge in [-0.1, -0.05) is 24.3 Å². The van der Waals surface area contributed by atoms with Crippen LogP contribution in [0.4, 0.5) is 10.1 Å². The fourth-order valence-corrected chi connectivity index (χ4v) is 2.58. The molecule has 104 valence electrons. The van der Waals surface area contributed by atoms with E-state index in [1.54, 1.807) is 24.1 Å². The molecule has 2 aromatic rings. The van der Waals surface area contributed by atoms with E-state index in [-0.39, 0.29) is 17.6 Å². The standard InChI is InChI=1S/C16H15BrFNO/c1-11(12-7-9-13(18)10-8-12)16(20)19(2)15-6-4-3-5-14(15)17/h3-11H,1-2H3. The summed E-state index contributed by atoms with van der Waals surface area (Å²) in [5.41, 5.74) is 1.61. The van der Waals surface area contributed by atoms with Gasteiger partial charge in [0, 0.05) is 11.5 Å². The van der Waals surface area contributed by atoms with Crippen LogP contribution in [0.1, 0.15) is 18.4 Å². The zero-order valence-electron chi connectivity index (χ0n) is 11.3. The van der Waals surface area contributed by atoms with Crippen molar-refractivity contribution < 1.29 is 9.18 Å². The number of nitrogens with zero attached hydrogens (tertiary/aromatic N) is 1. The molecule has 0 N–H and O–H groups in total. The number of amides is 1. The molecule has 0 aliphatic carbocycles. The molecule has 20 heavy (non-hydrogen) atoms. The lowest BCUT2D eigenvalue weighted by molar-refractivity contribution is -0.119. The van der Waals surface area contributed by atoms with Crippen LogP contribution >= 0.6 is 15.9 Å². The Labute approximate surface area is 126 Å². The van der Waals surface area contributed by atoms with E-state index in [2.05, 4.69) is 15.9 Å². The fourth-order valence-electron chi connectivity index (χ4n) is 2.03. The second-order valence-corrected chi connectivity index (χ2v) is 5.48. The van der Waals surface area contributed by atoms with E-state index in [1.165, 1.54) is 12.1 Å². The molecule has 4 heteroatoms. The number of carbonyl (C=O) groups is 1. The third-order valence-electron chi connectivity index (χ3n) is 3.28. The maximum absolute atomic E-state index is 12.9. The van der Waals surface area contributed by atoms with Gasteiger partial charge in [0.25, 0.3) is 0 Å². The fraction of sp³-hybridized carbons (Fsp3) is 0.188. The molecule has 0 spiro atoms. The molecule has 0 bridgehead atoms. The molecule has 1 atom stereocenters. The van der Waals surface area contributed by atoms with Crippen LogP contribution in [0.2, 0.25) is 0 Å². The van der Waals surface area contributed by atoms with Gasteiger partial charge in [0.1, 0.15) is 5.82 Å². The topological polar surface area (TPSA) is 20.3 Å². The van der Waals surface area contributed by atoms with Gasteiger partial charge in [0.2, 0.25) is 5.91 Å². The molecular formula is C16H15BrFNO. The van der Waals surface area contributed by atoms with E-state index < -0.39 is 0 Å². The van der Waals surface area contributed by atoms with Gasteiger partial charge in [0.15, 0.2) is 0 Å². The summed E-state index contributed by atoms with van der Waals surface area (Å²) < 4.78 is 13.8. The van der Waals surface area contributed by atoms with Crippen LogP contribution in [0.15, 0.2) is 53.0 Å². The van der Waals surface area contributed by atoms with E-state index in [9.17, 15) is 9.18 Å². The monoisotopic (exact) mass is 335 g/mol. The Morgan fingerprint density at radius 3 is 2.35 bits per heavy atom. The molecular weight excluding hydrogens is 321 g/mol. The lowest BCUT2D eigenvalue weighted by Crippen LogP contribution is -2.30. The van der Waals surface area contributed by atoms with Gasteiger partial charge in [-0.25, -0.2) is 4.39 Å². The highest BCUT2D eigenvalue weighted by Crippen LogP contribution is 2.27. The molecule has 2 rings (SSSR count). The molecule has 0 aromatic heterocycles. The molecule has 0 saturated carbocycles. The first-order valence-corrected chi connectivity index (χ1v) is 7.07. The quantitative estimate of drug-likeness (QED) is 0.816. The summed E-state index contributed by atoms with van der Waals surface area (Å²) in [6.07, 6.45) is 0. The predicted octanol–water partition coefficient (Wildman–Crippen LogP) is 4.35. The number of rotatable bonds is 3. The van der Waals surface area contributed by atoms with E-state index in [0.717, 1.165) is 15.7 Å². The molecule has 1 unspecified atom stereocenters. The van der Waals surface area contributed by atoms with Crippen molar-refractivity contribution in [2.24, 2.45) is 0 Å². The normalized spacial score (nSPS) is 12.0. The van der Waals surface area contributed by atoms with Crippen molar-refractivity contribution in [3.63, 3.8) is 0 Å². The summed E-state index contributed by atoms with van der Waals surface area (Å²) in [5, 5.41) is 0. The molecule has 0 radical (unpaired) electrons. The summed E-state index contributed by atoms with van der Waals surface area (Å²) >= 11 is 3.44. The second kappa shape index (κ2) is 6.18. The summed E-state index contributed by atoms with van der Waals surface area (Å²) in [6, 6.07) is 13.6. The molecule has 2 aromatic carbocycles. The van der Waals surface area contributed by atoms with Crippen molar-refractivity contribution in [3.05, 3.63) is 64.4 Å². The van der Waals surface area contributed by atoms with Gasteiger partial charge in [-0.05, 0) is 52.7 Å². The zero-order chi connectivity index (χ0) is 14.7. The average molecular weight is 336 g/mol. The van der Waals surface area contributed by atoms with Gasteiger partial charge in [-0.15, -0.1) is 0 Å². The summed E-state index contributed by atoms with van der Waals surface area (Å²) in [5.74, 6) is -0.663. The number of para-hydroxylation sites is 1. The number of halogens is 2. The molecule has 0 aliphatic rings. The van der Waals surface area contributed by atoms with Crippen molar-refractivity contribution in [3.8, 4) is 0 Å². The molecule has 0 heterocycles. The highest BCUT2D eigenvalue weighted by atomic mass is 79.9. The highest BCUT2D eigenvalue weighted by molar-refractivity contribution is 9.10. The molecule has 0 fully saturated rings. The first kappa shape index (κ1) is 14.7. The molecule has 0 saturated heterocycles. The lowest BCUT2D eigenvalue weighted by Gasteiger charge is -2.22. The zero-order valence-corrected chi connectivity index (χ0v) is 12.9. The van der Waals surface area contributed by atoms with Gasteiger partial charge >= 0.3 is 0 Å². The molecule has 0 aliphatic heterocycles. The minimum Gasteiger partial charge on any atom is -0.314 e. The van der Waals surface area contributed by atoms with Gasteiger partial charge in [-0.2, -0.15) is 0 Å². The maximum atomic E-state index is 12.9. The van der Waals surface area contributed by atoms with Gasteiger partial charge in [-0.3, -0.25) is 4.79 Å². The Hall–Kier alpha value is -1.68. The third kappa shape index (κ3) is 3.07. The minimum absolute atomic E-state index is 0.0384. The Bertz CT molecular complexity index is 612. The number of likely N-dealkylation sites (N-methyl/N-ethyl adjacent to an activating group) is 1. The Morgan fingerprint density at radius 1 is 1.15 bits per heavy atom. The van der Waals surface area contributed by atoms with E-state index >= 15 is 0 Å². The van der Waals surface area contributed by atoms with Crippen LogP contribution in [-0.2, 0) is 4.79 Å². The number of hydrogen-bond acceptors (Lipinski definition) is 1. The van der Waals surface area contributed by atoms with Crippen LogP contribution in [0.5, 0.6) is 0 Å². The van der Waals surface area contributed by atoms with Crippen molar-refractivity contribution in [1.82, 2.24) is 0 Å². The maximum Gasteiger partial charge on any atom is 0.234 e. The number of benzene rings is 2. The summed E-state index contributed by atoms with van der Waals surface area (Å²) in [7, 11) is 1.74. The number of anilines is 1. The smallest absolute Gasteiger partial charge is 0.234 e. The van der Waals surface area contributed by atoms with Crippen molar-refractivity contribution in [2.75, 3.05) is 11.9 Å². The predicted molar refractivity (Wildman–Crippen MR) is 82.4 cm³/mol. The largest absolute Gasteiger partial charge is 0.314 e. The van der Waals surface area contributed by atoms with Crippen LogP contribution in [0.3, 0.4) is 0 Å². The molecule has 1 amide bonds. The summed E-state index contributed by atoms with van der Waals surface area (Å²) in [6.45, 7) is 1.82. The van der Waals surface area contributed by atoms with Crippen LogP contribution in [0, 0.1) is 5.82 Å². The van der Waals surface area contributed by atoms with Crippen molar-refractivity contribution >= 4 is 27.5 Å². The van der Waals surface area contributed by atoms with Crippen molar-refractivity contribution in [2.45, 2.75) is 12.8 Å². The van der Waals surface area contributed by atoms with Crippen LogP contribution in [0.25, 0.3) is 0 Å². The summed E-state index contributed by atoms with van der Waals surface area (Å²) in [4.78, 5) is 14.1. The van der Waals surface area contributed by atoms with Crippen LogP contribution < -0.4 is 4.90 Å². The highest BCUT2D eigenvalue weighted by Gasteiger charge is 2.21. The van der Waals surface area contributed by atoms with Crippen molar-refractivity contribution in [1.29, 1.82) is 0 Å². The molecule has 2 nitrogen and oxygen atoms in total. The minimum atomic E-state index is -0.326. The first-order valence-electron chi connectivity index (χ1n) is 6.28. The van der Waals surface area contributed by atoms with E-state index in [4.69, 9.17) is 0 Å². The SMILES string of the molecule is CC(C(=O)N(C)c1ccccc1Br)c1ccc(F)cc1. The Kier molecular flexibility index (Phi) is 4.55. The first-order chi connectivity index (χ1) is 9.50. The Morgan fingerprint density at radius 2 is 1.75 bits per heavy atom. The number of hydrogen-bond donors (Lipinski definition) is 0. The van der Waals surface area contributed by atoms with E-state index in [0.29, 0.717) is 0 Å². The van der Waals surface area contributed by atoms with Gasteiger partial charge < -0.3 is 4.90 Å². The average Bonchev–Trinajstić information content (AvgIpc) is 2.46. The van der Waals surface area contributed by atoms with Gasteiger partial charge in [0.05, 0.1) is 11.6 Å². The Balaban J connectivity index is 2.22. The third-order valence-corrected chi connectivity index (χ3v) is 3.96. The second-order valence-electron chi connectivity index (χ2n) is 4.62. The number of carbonyl (C=O) groups excluding carboxylic acids is 1.